The van der Waals surface area contributed by atoms with Gasteiger partial charge in [0, 0.05) is 37.4 Å². The standard InChI is InChI=1S/C21H27N3O5S2/c1-4-22-30(26,27)18-9-7-8-17(15-18)21(25)24-13-12-16-14-19(10-11-20(16)24)31(28,29)23(5-2)6-3/h7-11,14-15,22H,4-6,12-13H2,1-3H3. The largest absolute Gasteiger partial charge is 0.308 e. The molecule has 2 aromatic carbocycles. The van der Waals surface area contributed by atoms with E-state index in [9.17, 15) is 21.6 Å². The van der Waals surface area contributed by atoms with E-state index in [0.717, 1.165) is 5.56 Å². The fourth-order valence-corrected chi connectivity index (χ4v) is 6.28. The second-order valence-electron chi connectivity index (χ2n) is 7.12. The van der Waals surface area contributed by atoms with Crippen LogP contribution in [0.15, 0.2) is 52.3 Å². The molecule has 0 fully saturated rings. The Labute approximate surface area is 184 Å². The number of hydrogen-bond donors (Lipinski definition) is 1. The summed E-state index contributed by atoms with van der Waals surface area (Å²) in [4.78, 5) is 14.9. The van der Waals surface area contributed by atoms with Crippen LogP contribution < -0.4 is 9.62 Å². The predicted octanol–water partition coefficient (Wildman–Crippen LogP) is 2.22. The maximum atomic E-state index is 13.1. The monoisotopic (exact) mass is 465 g/mol. The Bertz CT molecular complexity index is 1190. The molecular formula is C21H27N3O5S2. The summed E-state index contributed by atoms with van der Waals surface area (Å²) in [5.41, 5.74) is 1.67. The number of rotatable bonds is 8. The fourth-order valence-electron chi connectivity index (χ4n) is 3.69. The first-order chi connectivity index (χ1) is 14.7. The van der Waals surface area contributed by atoms with Crippen molar-refractivity contribution in [3.63, 3.8) is 0 Å². The highest BCUT2D eigenvalue weighted by Gasteiger charge is 2.29. The van der Waals surface area contributed by atoms with Crippen LogP contribution in [0, 0.1) is 0 Å². The summed E-state index contributed by atoms with van der Waals surface area (Å²) in [6.07, 6.45) is 0.526. The van der Waals surface area contributed by atoms with Crippen LogP contribution in [0.3, 0.4) is 0 Å². The minimum absolute atomic E-state index is 0.0280. The van der Waals surface area contributed by atoms with Crippen LogP contribution in [0.5, 0.6) is 0 Å². The lowest BCUT2D eigenvalue weighted by atomic mass is 10.1. The lowest BCUT2D eigenvalue weighted by Crippen LogP contribution is -2.31. The van der Waals surface area contributed by atoms with Crippen LogP contribution in [-0.2, 0) is 26.5 Å². The Morgan fingerprint density at radius 2 is 1.71 bits per heavy atom. The minimum atomic E-state index is -3.68. The molecule has 0 atom stereocenters. The van der Waals surface area contributed by atoms with Gasteiger partial charge in [0.1, 0.15) is 0 Å². The first-order valence-electron chi connectivity index (χ1n) is 10.2. The number of benzene rings is 2. The normalized spacial score (nSPS) is 14.1. The van der Waals surface area contributed by atoms with Crippen LogP contribution >= 0.6 is 0 Å². The van der Waals surface area contributed by atoms with E-state index in [1.54, 1.807) is 43.9 Å². The summed E-state index contributed by atoms with van der Waals surface area (Å²) < 4.78 is 53.9. The molecule has 31 heavy (non-hydrogen) atoms. The van der Waals surface area contributed by atoms with Gasteiger partial charge in [-0.25, -0.2) is 21.6 Å². The van der Waals surface area contributed by atoms with Gasteiger partial charge in [-0.3, -0.25) is 4.79 Å². The van der Waals surface area contributed by atoms with Gasteiger partial charge < -0.3 is 4.90 Å². The lowest BCUT2D eigenvalue weighted by Gasteiger charge is -2.20. The third kappa shape index (κ3) is 4.52. The van der Waals surface area contributed by atoms with E-state index >= 15 is 0 Å². The molecule has 1 heterocycles. The van der Waals surface area contributed by atoms with Crippen molar-refractivity contribution >= 4 is 31.6 Å². The Morgan fingerprint density at radius 3 is 2.35 bits per heavy atom. The Morgan fingerprint density at radius 1 is 1.00 bits per heavy atom. The van der Waals surface area contributed by atoms with Crippen molar-refractivity contribution in [2.24, 2.45) is 0 Å². The van der Waals surface area contributed by atoms with Gasteiger partial charge in [0.15, 0.2) is 0 Å². The molecule has 0 aromatic heterocycles. The molecule has 0 unspecified atom stereocenters. The summed E-state index contributed by atoms with van der Waals surface area (Å²) in [7, 11) is -7.26. The number of fused-ring (bicyclic) bond motifs is 1. The van der Waals surface area contributed by atoms with Crippen LogP contribution in [0.1, 0.15) is 36.7 Å². The molecule has 0 bridgehead atoms. The summed E-state index contributed by atoms with van der Waals surface area (Å²) in [6.45, 7) is 6.67. The predicted molar refractivity (Wildman–Crippen MR) is 119 cm³/mol. The van der Waals surface area contributed by atoms with Crippen molar-refractivity contribution in [2.45, 2.75) is 37.0 Å². The molecule has 0 saturated carbocycles. The molecule has 1 amide bonds. The maximum absolute atomic E-state index is 13.1. The van der Waals surface area contributed by atoms with Gasteiger partial charge in [-0.1, -0.05) is 26.8 Å². The third-order valence-corrected chi connectivity index (χ3v) is 8.85. The first-order valence-corrected chi connectivity index (χ1v) is 13.1. The molecule has 8 nitrogen and oxygen atoms in total. The molecule has 0 spiro atoms. The summed E-state index contributed by atoms with van der Waals surface area (Å²) in [6, 6.07) is 10.7. The Kier molecular flexibility index (Phi) is 6.85. The van der Waals surface area contributed by atoms with Crippen LogP contribution in [0.2, 0.25) is 0 Å². The molecule has 1 aliphatic rings. The van der Waals surface area contributed by atoms with E-state index in [-0.39, 0.29) is 27.8 Å². The van der Waals surface area contributed by atoms with Gasteiger partial charge in [-0.2, -0.15) is 4.31 Å². The SMILES string of the molecule is CCNS(=O)(=O)c1cccc(C(=O)N2CCc3cc(S(=O)(=O)N(CC)CC)ccc32)c1. The highest BCUT2D eigenvalue weighted by atomic mass is 32.2. The number of nitrogens with one attached hydrogen (secondary N) is 1. The number of hydrogen-bond acceptors (Lipinski definition) is 5. The Hall–Kier alpha value is -2.27. The van der Waals surface area contributed by atoms with E-state index in [1.807, 2.05) is 0 Å². The van der Waals surface area contributed by atoms with Crippen molar-refractivity contribution in [2.75, 3.05) is 31.1 Å². The Balaban J connectivity index is 1.91. The number of nitrogens with zero attached hydrogens (tertiary/aromatic N) is 2. The quantitative estimate of drug-likeness (QED) is 0.644. The molecule has 168 valence electrons. The van der Waals surface area contributed by atoms with E-state index < -0.39 is 20.0 Å². The fraction of sp³-hybridized carbons (Fsp3) is 0.381. The lowest BCUT2D eigenvalue weighted by molar-refractivity contribution is 0.0989. The number of carbonyl (C=O) groups is 1. The van der Waals surface area contributed by atoms with E-state index in [0.29, 0.717) is 31.7 Å². The summed E-state index contributed by atoms with van der Waals surface area (Å²) in [5, 5.41) is 0. The second-order valence-corrected chi connectivity index (χ2v) is 10.8. The first kappa shape index (κ1) is 23.4. The summed E-state index contributed by atoms with van der Waals surface area (Å²) in [5.74, 6) is -0.327. The zero-order valence-electron chi connectivity index (χ0n) is 17.8. The number of anilines is 1. The van der Waals surface area contributed by atoms with Gasteiger partial charge in [0.2, 0.25) is 20.0 Å². The highest BCUT2D eigenvalue weighted by Crippen LogP contribution is 2.32. The molecule has 2 aromatic rings. The molecule has 0 radical (unpaired) electrons. The summed E-state index contributed by atoms with van der Waals surface area (Å²) >= 11 is 0. The topological polar surface area (TPSA) is 104 Å². The van der Waals surface area contributed by atoms with Gasteiger partial charge in [-0.05, 0) is 48.4 Å². The molecule has 0 saturated heterocycles. The number of sulfonamides is 2. The molecule has 0 aliphatic carbocycles. The third-order valence-electron chi connectivity index (χ3n) is 5.26. The zero-order valence-corrected chi connectivity index (χ0v) is 19.5. The average Bonchev–Trinajstić information content (AvgIpc) is 3.17. The van der Waals surface area contributed by atoms with Gasteiger partial charge in [-0.15, -0.1) is 0 Å². The number of amides is 1. The second kappa shape index (κ2) is 9.07. The van der Waals surface area contributed by atoms with Crippen LogP contribution in [-0.4, -0.2) is 53.2 Å². The molecule has 10 heteroatoms. The van der Waals surface area contributed by atoms with Gasteiger partial charge in [0.25, 0.3) is 5.91 Å². The maximum Gasteiger partial charge on any atom is 0.258 e. The van der Waals surface area contributed by atoms with Gasteiger partial charge in [0.05, 0.1) is 9.79 Å². The van der Waals surface area contributed by atoms with Crippen molar-refractivity contribution in [3.05, 3.63) is 53.6 Å². The van der Waals surface area contributed by atoms with Crippen LogP contribution in [0.25, 0.3) is 0 Å². The van der Waals surface area contributed by atoms with Crippen molar-refractivity contribution in [1.82, 2.24) is 9.03 Å². The smallest absolute Gasteiger partial charge is 0.258 e. The van der Waals surface area contributed by atoms with Crippen molar-refractivity contribution in [3.8, 4) is 0 Å². The van der Waals surface area contributed by atoms with E-state index in [4.69, 9.17) is 0 Å². The van der Waals surface area contributed by atoms with Crippen molar-refractivity contribution < 1.29 is 21.6 Å². The molecule has 3 rings (SSSR count). The van der Waals surface area contributed by atoms with Crippen molar-refractivity contribution in [1.29, 1.82) is 0 Å². The molecule has 1 aliphatic heterocycles. The van der Waals surface area contributed by atoms with E-state index in [1.165, 1.54) is 28.6 Å². The van der Waals surface area contributed by atoms with Crippen LogP contribution in [0.4, 0.5) is 5.69 Å². The highest BCUT2D eigenvalue weighted by molar-refractivity contribution is 7.89. The molecule has 1 N–H and O–H groups in total. The number of carbonyl (C=O) groups excluding carboxylic acids is 1. The van der Waals surface area contributed by atoms with Gasteiger partial charge >= 0.3 is 0 Å². The molecular weight excluding hydrogens is 438 g/mol. The minimum Gasteiger partial charge on any atom is -0.308 e. The zero-order chi connectivity index (χ0) is 22.8. The van der Waals surface area contributed by atoms with E-state index in [2.05, 4.69) is 4.72 Å². The average molecular weight is 466 g/mol.